The molecule has 2 N–H and O–H groups in total. The predicted molar refractivity (Wildman–Crippen MR) is 109 cm³/mol. The molecule has 1 atom stereocenters. The molecule has 3 rings (SSSR count). The molecule has 2 aromatic carbocycles. The van der Waals surface area contributed by atoms with E-state index >= 15 is 0 Å². The van der Waals surface area contributed by atoms with E-state index in [-0.39, 0.29) is 29.4 Å². The summed E-state index contributed by atoms with van der Waals surface area (Å²) in [5.74, 6) is -1.26. The van der Waals surface area contributed by atoms with Gasteiger partial charge in [0.1, 0.15) is 0 Å². The molecule has 0 saturated heterocycles. The Kier molecular flexibility index (Phi) is 5.38. The zero-order valence-electron chi connectivity index (χ0n) is 17.0. The van der Waals surface area contributed by atoms with E-state index in [1.54, 1.807) is 32.9 Å². The van der Waals surface area contributed by atoms with E-state index in [1.807, 2.05) is 30.3 Å². The molecule has 1 amide bonds. The number of aliphatic hydroxyl groups excluding tert-OH is 1. The lowest BCUT2D eigenvalue weighted by Crippen LogP contribution is -2.32. The minimum Gasteiger partial charge on any atom is -0.504 e. The van der Waals surface area contributed by atoms with Crippen LogP contribution in [-0.2, 0) is 16.1 Å². The van der Waals surface area contributed by atoms with Crippen LogP contribution in [-0.4, -0.2) is 33.9 Å². The number of amides is 1. The van der Waals surface area contributed by atoms with Gasteiger partial charge in [0.25, 0.3) is 5.91 Å². The van der Waals surface area contributed by atoms with Crippen LogP contribution in [0.2, 0.25) is 0 Å². The van der Waals surface area contributed by atoms with Crippen LogP contribution >= 0.6 is 0 Å². The van der Waals surface area contributed by atoms with Crippen molar-refractivity contribution in [3.63, 3.8) is 0 Å². The van der Waals surface area contributed by atoms with E-state index in [9.17, 15) is 19.8 Å². The van der Waals surface area contributed by atoms with Crippen LogP contribution in [0.4, 0.5) is 0 Å². The molecule has 0 aromatic heterocycles. The highest BCUT2D eigenvalue weighted by molar-refractivity contribution is 6.10. The van der Waals surface area contributed by atoms with Crippen LogP contribution in [0, 0.1) is 5.41 Å². The number of carbonyl (C=O) groups is 2. The van der Waals surface area contributed by atoms with E-state index in [2.05, 4.69) is 0 Å². The van der Waals surface area contributed by atoms with Crippen molar-refractivity contribution in [2.24, 2.45) is 5.41 Å². The Hall–Kier alpha value is -3.28. The van der Waals surface area contributed by atoms with E-state index < -0.39 is 23.1 Å². The summed E-state index contributed by atoms with van der Waals surface area (Å²) >= 11 is 0. The van der Waals surface area contributed by atoms with Crippen molar-refractivity contribution in [2.75, 3.05) is 7.11 Å². The summed E-state index contributed by atoms with van der Waals surface area (Å²) in [6.45, 7) is 5.45. The number of Topliss-reactive ketones (excluding diaryl/α,β-unsaturated/α-hetero) is 1. The summed E-state index contributed by atoms with van der Waals surface area (Å²) in [5.41, 5.74) is 0.714. The predicted octanol–water partition coefficient (Wildman–Crippen LogP) is 3.91. The summed E-state index contributed by atoms with van der Waals surface area (Å²) in [5, 5.41) is 20.6. The molecule has 0 radical (unpaired) electrons. The molecule has 29 heavy (non-hydrogen) atoms. The minimum atomic E-state index is -0.788. The molecular formula is C23H25NO5. The molecule has 6 heteroatoms. The van der Waals surface area contributed by atoms with Crippen LogP contribution in [0.5, 0.6) is 11.5 Å². The molecule has 152 valence electrons. The Bertz CT molecular complexity index is 973. The van der Waals surface area contributed by atoms with Gasteiger partial charge >= 0.3 is 0 Å². The molecule has 0 spiro atoms. The first kappa shape index (κ1) is 20.5. The third kappa shape index (κ3) is 3.83. The second-order valence-electron chi connectivity index (χ2n) is 8.09. The molecule has 0 bridgehead atoms. The standard InChI is InChI=1S/C23H25NO5/c1-23(2,3)21(27)18-19(15-10-11-16(25)17(12-15)29-4)24(22(28)20(18)26)13-14-8-6-5-7-9-14/h5-12,19,25-26H,13H2,1-4H3/t19-/m0/s1. The number of benzene rings is 2. The number of hydrogen-bond donors (Lipinski definition) is 2. The van der Waals surface area contributed by atoms with Crippen molar-refractivity contribution in [2.45, 2.75) is 33.4 Å². The SMILES string of the molecule is COc1cc([C@H]2C(C(=O)C(C)(C)C)=C(O)C(=O)N2Cc2ccccc2)ccc1O. The summed E-state index contributed by atoms with van der Waals surface area (Å²) < 4.78 is 5.20. The second kappa shape index (κ2) is 7.62. The van der Waals surface area contributed by atoms with Crippen molar-refractivity contribution in [3.05, 3.63) is 71.0 Å². The normalized spacial score (nSPS) is 17.0. The van der Waals surface area contributed by atoms with Crippen LogP contribution in [0.3, 0.4) is 0 Å². The number of rotatable bonds is 5. The van der Waals surface area contributed by atoms with Gasteiger partial charge in [-0.3, -0.25) is 9.59 Å². The number of nitrogens with zero attached hydrogens (tertiary/aromatic N) is 1. The second-order valence-corrected chi connectivity index (χ2v) is 8.09. The molecule has 2 aromatic rings. The van der Waals surface area contributed by atoms with Crippen LogP contribution in [0.15, 0.2) is 59.9 Å². The van der Waals surface area contributed by atoms with E-state index in [4.69, 9.17) is 4.74 Å². The quantitative estimate of drug-likeness (QED) is 0.801. The van der Waals surface area contributed by atoms with Crippen LogP contribution < -0.4 is 4.74 Å². The highest BCUT2D eigenvalue weighted by atomic mass is 16.5. The molecular weight excluding hydrogens is 370 g/mol. The Labute approximate surface area is 170 Å². The van der Waals surface area contributed by atoms with Gasteiger partial charge < -0.3 is 19.8 Å². The number of methoxy groups -OCH3 is 1. The fourth-order valence-corrected chi connectivity index (χ4v) is 3.44. The Morgan fingerprint density at radius 3 is 2.34 bits per heavy atom. The monoisotopic (exact) mass is 395 g/mol. The van der Waals surface area contributed by atoms with Gasteiger partial charge in [-0.2, -0.15) is 0 Å². The summed E-state index contributed by atoms with van der Waals surface area (Å²) in [6, 6.07) is 13.2. The molecule has 0 aliphatic carbocycles. The van der Waals surface area contributed by atoms with Crippen molar-refractivity contribution in [1.29, 1.82) is 0 Å². The first-order valence-corrected chi connectivity index (χ1v) is 9.35. The Morgan fingerprint density at radius 1 is 1.10 bits per heavy atom. The first-order valence-electron chi connectivity index (χ1n) is 9.35. The number of ketones is 1. The Balaban J connectivity index is 2.14. The highest BCUT2D eigenvalue weighted by Gasteiger charge is 2.46. The summed E-state index contributed by atoms with van der Waals surface area (Å²) in [7, 11) is 1.43. The zero-order valence-corrected chi connectivity index (χ0v) is 17.0. The van der Waals surface area contributed by atoms with Crippen molar-refractivity contribution < 1.29 is 24.5 Å². The summed E-state index contributed by atoms with van der Waals surface area (Å²) in [4.78, 5) is 27.6. The van der Waals surface area contributed by atoms with Crippen LogP contribution in [0.25, 0.3) is 0 Å². The Morgan fingerprint density at radius 2 is 1.76 bits per heavy atom. The van der Waals surface area contributed by atoms with E-state index in [1.165, 1.54) is 18.1 Å². The third-order valence-electron chi connectivity index (χ3n) is 4.94. The number of aliphatic hydroxyl groups is 1. The average Bonchev–Trinajstić information content (AvgIpc) is 2.92. The topological polar surface area (TPSA) is 87.1 Å². The van der Waals surface area contributed by atoms with Gasteiger partial charge in [-0.1, -0.05) is 57.2 Å². The number of hydrogen-bond acceptors (Lipinski definition) is 5. The van der Waals surface area contributed by atoms with Crippen molar-refractivity contribution in [3.8, 4) is 11.5 Å². The number of phenolic OH excluding ortho intramolecular Hbond substituents is 1. The van der Waals surface area contributed by atoms with Crippen molar-refractivity contribution in [1.82, 2.24) is 4.90 Å². The largest absolute Gasteiger partial charge is 0.504 e. The van der Waals surface area contributed by atoms with Crippen molar-refractivity contribution >= 4 is 11.7 Å². The molecule has 1 heterocycles. The first-order chi connectivity index (χ1) is 13.6. The highest BCUT2D eigenvalue weighted by Crippen LogP contribution is 2.43. The lowest BCUT2D eigenvalue weighted by atomic mass is 9.82. The van der Waals surface area contributed by atoms with Gasteiger partial charge in [0.15, 0.2) is 23.0 Å². The van der Waals surface area contributed by atoms with E-state index in [0.29, 0.717) is 5.56 Å². The van der Waals surface area contributed by atoms with E-state index in [0.717, 1.165) is 5.56 Å². The molecule has 1 aliphatic heterocycles. The average molecular weight is 395 g/mol. The van der Waals surface area contributed by atoms with Gasteiger partial charge in [-0.05, 0) is 23.3 Å². The van der Waals surface area contributed by atoms with Gasteiger partial charge in [0, 0.05) is 12.0 Å². The number of phenols is 1. The number of carbonyl (C=O) groups excluding carboxylic acids is 2. The fourth-order valence-electron chi connectivity index (χ4n) is 3.44. The van der Waals surface area contributed by atoms with Gasteiger partial charge in [-0.25, -0.2) is 0 Å². The maximum absolute atomic E-state index is 13.1. The number of ether oxygens (including phenoxy) is 1. The maximum atomic E-state index is 13.1. The van der Waals surface area contributed by atoms with Gasteiger partial charge in [0.05, 0.1) is 18.7 Å². The molecule has 6 nitrogen and oxygen atoms in total. The molecule has 1 aliphatic rings. The zero-order chi connectivity index (χ0) is 21.3. The fraction of sp³-hybridized carbons (Fsp3) is 0.304. The summed E-state index contributed by atoms with van der Waals surface area (Å²) in [6.07, 6.45) is 0. The van der Waals surface area contributed by atoms with Gasteiger partial charge in [0.2, 0.25) is 0 Å². The molecule has 0 fully saturated rings. The number of aromatic hydroxyl groups is 1. The smallest absolute Gasteiger partial charge is 0.290 e. The molecule has 0 unspecified atom stereocenters. The molecule has 0 saturated carbocycles. The maximum Gasteiger partial charge on any atom is 0.290 e. The van der Waals surface area contributed by atoms with Gasteiger partial charge in [-0.15, -0.1) is 0 Å². The third-order valence-corrected chi connectivity index (χ3v) is 4.94. The lowest BCUT2D eigenvalue weighted by Gasteiger charge is -2.29. The lowest BCUT2D eigenvalue weighted by molar-refractivity contribution is -0.130. The van der Waals surface area contributed by atoms with Crippen LogP contribution in [0.1, 0.15) is 37.9 Å². The minimum absolute atomic E-state index is 0.0490.